The molecule has 1 saturated heterocycles. The molecule has 2 N–H and O–H groups in total. The van der Waals surface area contributed by atoms with Gasteiger partial charge in [0, 0.05) is 13.0 Å². The third kappa shape index (κ3) is 7.79. The van der Waals surface area contributed by atoms with E-state index in [0.717, 1.165) is 0 Å². The molecule has 3 nitrogen and oxygen atoms in total. The van der Waals surface area contributed by atoms with Crippen LogP contribution in [0.1, 0.15) is 27.2 Å². The quantitative estimate of drug-likeness (QED) is 0.553. The molecule has 3 heteroatoms. The van der Waals surface area contributed by atoms with Crippen molar-refractivity contribution in [2.45, 2.75) is 32.8 Å². The minimum Gasteiger partial charge on any atom is -0.397 e. The second kappa shape index (κ2) is 9.53. The van der Waals surface area contributed by atoms with Gasteiger partial charge < -0.3 is 14.9 Å². The zero-order chi connectivity index (χ0) is 10.7. The largest absolute Gasteiger partial charge is 0.397 e. The Morgan fingerprint density at radius 3 is 2.15 bits per heavy atom. The summed E-state index contributed by atoms with van der Waals surface area (Å²) in [4.78, 5) is 0. The van der Waals surface area contributed by atoms with Crippen LogP contribution in [0.5, 0.6) is 0 Å². The maximum Gasteiger partial charge on any atom is 0.150 e. The fraction of sp³-hybridized carbons (Fsp3) is 0.800. The second-order valence-corrected chi connectivity index (χ2v) is 2.29. The Morgan fingerprint density at radius 1 is 1.54 bits per heavy atom. The Bertz CT molecular complexity index is 132. The number of hydrogen-bond acceptors (Lipinski definition) is 3. The Hall–Kier alpha value is -0.560. The highest BCUT2D eigenvalue weighted by Crippen LogP contribution is 2.15. The summed E-state index contributed by atoms with van der Waals surface area (Å²) in [7, 11) is 0. The van der Waals surface area contributed by atoms with Gasteiger partial charge in [-0.3, -0.25) is 0 Å². The van der Waals surface area contributed by atoms with Gasteiger partial charge in [-0.25, -0.2) is 0 Å². The molecule has 1 aliphatic heterocycles. The van der Waals surface area contributed by atoms with E-state index in [4.69, 9.17) is 21.4 Å². The summed E-state index contributed by atoms with van der Waals surface area (Å²) in [5, 5.41) is 16.7. The second-order valence-electron chi connectivity index (χ2n) is 2.29. The fourth-order valence-corrected chi connectivity index (χ4v) is 0.668. The predicted octanol–water partition coefficient (Wildman–Crippen LogP) is 0.796. The Kier molecular flexibility index (Phi) is 10.9. The Morgan fingerprint density at radius 2 is 2.00 bits per heavy atom. The van der Waals surface area contributed by atoms with Gasteiger partial charge in [0.05, 0.1) is 13.2 Å². The summed E-state index contributed by atoms with van der Waals surface area (Å²) < 4.78 is 4.86. The number of aliphatic hydroxyl groups is 2. The molecule has 1 atom stereocenters. The van der Waals surface area contributed by atoms with Gasteiger partial charge in [-0.2, -0.15) is 0 Å². The first-order chi connectivity index (χ1) is 6.18. The van der Waals surface area contributed by atoms with Crippen LogP contribution in [0.15, 0.2) is 0 Å². The van der Waals surface area contributed by atoms with E-state index in [1.54, 1.807) is 6.92 Å². The van der Waals surface area contributed by atoms with Crippen molar-refractivity contribution in [2.24, 2.45) is 0 Å². The number of ether oxygens (including phenoxy) is 1. The normalized spacial score (nSPS) is 24.6. The van der Waals surface area contributed by atoms with E-state index >= 15 is 0 Å². The number of terminal acetylenes is 1. The predicted molar refractivity (Wildman–Crippen MR) is 53.3 cm³/mol. The molecule has 0 amide bonds. The van der Waals surface area contributed by atoms with Crippen LogP contribution in [-0.4, -0.2) is 35.6 Å². The van der Waals surface area contributed by atoms with Crippen LogP contribution >= 0.6 is 0 Å². The highest BCUT2D eigenvalue weighted by molar-refractivity contribution is 5.09. The minimum absolute atomic E-state index is 0.250. The first-order valence-electron chi connectivity index (χ1n) is 4.57. The Labute approximate surface area is 80.7 Å². The van der Waals surface area contributed by atoms with E-state index < -0.39 is 5.60 Å². The van der Waals surface area contributed by atoms with E-state index in [2.05, 4.69) is 5.92 Å². The van der Waals surface area contributed by atoms with Crippen molar-refractivity contribution in [1.82, 2.24) is 0 Å². The number of hydrogen-bond donors (Lipinski definition) is 2. The minimum atomic E-state index is -0.958. The van der Waals surface area contributed by atoms with Crippen molar-refractivity contribution in [3.63, 3.8) is 0 Å². The first-order valence-corrected chi connectivity index (χ1v) is 4.57. The average molecular weight is 188 g/mol. The lowest BCUT2D eigenvalue weighted by molar-refractivity contribution is 0.0766. The van der Waals surface area contributed by atoms with Crippen LogP contribution in [0.25, 0.3) is 0 Å². The van der Waals surface area contributed by atoms with Gasteiger partial charge in [-0.05, 0) is 6.92 Å². The maximum absolute atomic E-state index is 9.14. The lowest BCUT2D eigenvalue weighted by Gasteiger charge is -2.09. The van der Waals surface area contributed by atoms with E-state index in [9.17, 15) is 0 Å². The standard InChI is InChI=1S/C6H8O2.C2H6O.C2H6/c1-2-6(7)3-4-8-5-6;1-2-3;1-2/h1,7H,3-5H2;3H,2H2,1H3;1-2H3. The molecular weight excluding hydrogens is 168 g/mol. The highest BCUT2D eigenvalue weighted by atomic mass is 16.5. The summed E-state index contributed by atoms with van der Waals surface area (Å²) in [6.07, 6.45) is 5.56. The average Bonchev–Trinajstić information content (AvgIpc) is 2.58. The molecule has 0 radical (unpaired) electrons. The molecule has 0 aromatic heterocycles. The first kappa shape index (κ1) is 14.9. The van der Waals surface area contributed by atoms with Crippen molar-refractivity contribution in [3.05, 3.63) is 0 Å². The molecule has 1 heterocycles. The molecule has 0 aromatic carbocycles. The molecule has 1 aliphatic rings. The molecule has 1 unspecified atom stereocenters. The fourth-order valence-electron chi connectivity index (χ4n) is 0.668. The zero-order valence-electron chi connectivity index (χ0n) is 8.71. The molecule has 0 aromatic rings. The van der Waals surface area contributed by atoms with Gasteiger partial charge in [0.15, 0.2) is 5.60 Å². The van der Waals surface area contributed by atoms with Crippen molar-refractivity contribution in [3.8, 4) is 12.3 Å². The van der Waals surface area contributed by atoms with Crippen LogP contribution in [0.3, 0.4) is 0 Å². The van der Waals surface area contributed by atoms with Crippen molar-refractivity contribution < 1.29 is 14.9 Å². The van der Waals surface area contributed by atoms with Gasteiger partial charge in [0.2, 0.25) is 0 Å². The van der Waals surface area contributed by atoms with Crippen LogP contribution < -0.4 is 0 Å². The lowest BCUT2D eigenvalue weighted by Crippen LogP contribution is -2.25. The van der Waals surface area contributed by atoms with Gasteiger partial charge in [0.1, 0.15) is 0 Å². The van der Waals surface area contributed by atoms with E-state index in [0.29, 0.717) is 19.6 Å². The molecule has 0 aliphatic carbocycles. The van der Waals surface area contributed by atoms with Crippen LogP contribution in [0.2, 0.25) is 0 Å². The summed E-state index contributed by atoms with van der Waals surface area (Å²) in [5.74, 6) is 2.27. The molecule has 0 spiro atoms. The smallest absolute Gasteiger partial charge is 0.150 e. The topological polar surface area (TPSA) is 49.7 Å². The van der Waals surface area contributed by atoms with Gasteiger partial charge in [-0.1, -0.05) is 19.8 Å². The Balaban J connectivity index is 0. The SMILES string of the molecule is C#CC1(O)CCOC1.CC.CCO. The molecule has 0 saturated carbocycles. The van der Waals surface area contributed by atoms with Crippen molar-refractivity contribution >= 4 is 0 Å². The molecule has 0 bridgehead atoms. The van der Waals surface area contributed by atoms with Gasteiger partial charge in [-0.15, -0.1) is 6.42 Å². The third-order valence-corrected chi connectivity index (χ3v) is 1.27. The summed E-state index contributed by atoms with van der Waals surface area (Å²) in [6.45, 7) is 6.81. The molecule has 1 fully saturated rings. The summed E-state index contributed by atoms with van der Waals surface area (Å²) >= 11 is 0. The molecule has 78 valence electrons. The van der Waals surface area contributed by atoms with E-state index in [1.807, 2.05) is 13.8 Å². The van der Waals surface area contributed by atoms with Crippen molar-refractivity contribution in [2.75, 3.05) is 19.8 Å². The van der Waals surface area contributed by atoms with E-state index in [-0.39, 0.29) is 6.61 Å². The van der Waals surface area contributed by atoms with Crippen LogP contribution in [-0.2, 0) is 4.74 Å². The maximum atomic E-state index is 9.14. The number of aliphatic hydroxyl groups excluding tert-OH is 1. The van der Waals surface area contributed by atoms with E-state index in [1.165, 1.54) is 0 Å². The zero-order valence-corrected chi connectivity index (χ0v) is 8.71. The monoisotopic (exact) mass is 188 g/mol. The van der Waals surface area contributed by atoms with Gasteiger partial charge in [0.25, 0.3) is 0 Å². The molecule has 1 rings (SSSR count). The summed E-state index contributed by atoms with van der Waals surface area (Å²) in [6, 6.07) is 0. The highest BCUT2D eigenvalue weighted by Gasteiger charge is 2.29. The number of rotatable bonds is 0. The molecule has 13 heavy (non-hydrogen) atoms. The lowest BCUT2D eigenvalue weighted by atomic mass is 10.1. The summed E-state index contributed by atoms with van der Waals surface area (Å²) in [5.41, 5.74) is -0.958. The third-order valence-electron chi connectivity index (χ3n) is 1.27. The molecular formula is C10H20O3. The van der Waals surface area contributed by atoms with Gasteiger partial charge >= 0.3 is 0 Å². The van der Waals surface area contributed by atoms with Crippen LogP contribution in [0, 0.1) is 12.3 Å². The van der Waals surface area contributed by atoms with Crippen molar-refractivity contribution in [1.29, 1.82) is 0 Å². The van der Waals surface area contributed by atoms with Crippen LogP contribution in [0.4, 0.5) is 0 Å².